The maximum Gasteiger partial charge on any atom is 0.387 e. The number of halogens is 2. The Labute approximate surface area is 215 Å². The Bertz CT molecular complexity index is 1570. The molecule has 2 bridgehead atoms. The monoisotopic (exact) mass is 519 g/mol. The number of carbonyl (C=O) groups excluding carboxylic acids is 1. The van der Waals surface area contributed by atoms with Gasteiger partial charge in [0.25, 0.3) is 5.91 Å². The first-order valence-corrected chi connectivity index (χ1v) is 12.4. The number of fused-ring (bicyclic) bond motifs is 9. The molecule has 38 heavy (non-hydrogen) atoms. The number of rotatable bonds is 5. The van der Waals surface area contributed by atoms with Gasteiger partial charge in [-0.3, -0.25) is 4.79 Å². The second-order valence-electron chi connectivity index (χ2n) is 9.84. The van der Waals surface area contributed by atoms with Gasteiger partial charge in [-0.2, -0.15) is 13.9 Å². The number of ether oxygens (including phenoxy) is 2. The van der Waals surface area contributed by atoms with Gasteiger partial charge in [0.15, 0.2) is 5.82 Å². The van der Waals surface area contributed by atoms with Gasteiger partial charge in [0.1, 0.15) is 11.9 Å². The summed E-state index contributed by atoms with van der Waals surface area (Å²) in [7, 11) is 1.71. The number of aromatic nitrogens is 4. The molecule has 1 fully saturated rings. The van der Waals surface area contributed by atoms with Crippen LogP contribution in [-0.2, 0) is 4.74 Å². The van der Waals surface area contributed by atoms with Crippen molar-refractivity contribution in [3.8, 4) is 17.1 Å². The van der Waals surface area contributed by atoms with E-state index in [-0.39, 0.29) is 29.7 Å². The maximum atomic E-state index is 13.3. The second-order valence-corrected chi connectivity index (χ2v) is 9.84. The van der Waals surface area contributed by atoms with Crippen LogP contribution in [0, 0.1) is 0 Å². The SMILES string of the molecule is CN1C(=O)c2cccc(OC(F)F)c2[C@H]2C[C@@H]1c1nn3ccc(-c4ncc([C@H](O)[C@@H]5CCO5)cn4)cc3c12. The molecule has 194 valence electrons. The van der Waals surface area contributed by atoms with Gasteiger partial charge in [0.05, 0.1) is 23.4 Å². The van der Waals surface area contributed by atoms with E-state index in [2.05, 4.69) is 9.97 Å². The average Bonchev–Trinajstić information content (AvgIpc) is 3.40. The van der Waals surface area contributed by atoms with E-state index in [1.165, 1.54) is 6.07 Å². The Balaban J connectivity index is 1.33. The highest BCUT2D eigenvalue weighted by atomic mass is 19.3. The van der Waals surface area contributed by atoms with E-state index in [4.69, 9.17) is 14.6 Å². The third-order valence-electron chi connectivity index (χ3n) is 7.83. The Hall–Kier alpha value is -3.96. The van der Waals surface area contributed by atoms with Crippen molar-refractivity contribution >= 4 is 11.4 Å². The van der Waals surface area contributed by atoms with E-state index in [0.717, 1.165) is 28.8 Å². The number of alkyl halides is 2. The van der Waals surface area contributed by atoms with Crippen LogP contribution in [0.1, 0.15) is 63.6 Å². The van der Waals surface area contributed by atoms with Crippen molar-refractivity contribution in [3.63, 3.8) is 0 Å². The summed E-state index contributed by atoms with van der Waals surface area (Å²) in [5, 5.41) is 15.2. The maximum absolute atomic E-state index is 13.3. The summed E-state index contributed by atoms with van der Waals surface area (Å²) in [5.41, 5.74) is 4.53. The molecule has 4 aromatic rings. The van der Waals surface area contributed by atoms with Gasteiger partial charge in [0.2, 0.25) is 0 Å². The highest BCUT2D eigenvalue weighted by molar-refractivity contribution is 5.98. The molecule has 9 nitrogen and oxygen atoms in total. The number of aliphatic hydroxyl groups is 1. The molecule has 1 saturated heterocycles. The van der Waals surface area contributed by atoms with Crippen LogP contribution in [0.25, 0.3) is 16.9 Å². The number of pyridine rings is 1. The molecule has 1 amide bonds. The van der Waals surface area contributed by atoms with Crippen molar-refractivity contribution in [1.82, 2.24) is 24.5 Å². The Morgan fingerprint density at radius 3 is 2.68 bits per heavy atom. The fourth-order valence-corrected chi connectivity index (χ4v) is 5.86. The first-order chi connectivity index (χ1) is 18.4. The standard InChI is InChI=1S/C27H23F2N5O4/c1-33-18-10-16(21-15(26(33)36)3-2-4-19(21)38-27(28)29)22-17-9-13(5-7-34(17)32-23(18)22)25-30-11-14(12-31-25)24(35)20-6-8-37-20/h2-5,7,9,11-12,16,18,20,24,27,35H,6,8,10H2,1H3/t16-,18-,20+,24+/m1/s1. The lowest BCUT2D eigenvalue weighted by Crippen LogP contribution is -2.33. The molecule has 3 aromatic heterocycles. The topological polar surface area (TPSA) is 102 Å². The van der Waals surface area contributed by atoms with Crippen molar-refractivity contribution in [2.75, 3.05) is 13.7 Å². The fourth-order valence-electron chi connectivity index (χ4n) is 5.86. The zero-order chi connectivity index (χ0) is 26.1. The molecule has 1 N–H and O–H groups in total. The minimum Gasteiger partial charge on any atom is -0.434 e. The number of nitrogens with zero attached hydrogens (tertiary/aromatic N) is 5. The van der Waals surface area contributed by atoms with E-state index in [0.29, 0.717) is 35.5 Å². The van der Waals surface area contributed by atoms with Crippen molar-refractivity contribution in [2.24, 2.45) is 0 Å². The third kappa shape index (κ3) is 3.42. The van der Waals surface area contributed by atoms with E-state index in [1.54, 1.807) is 47.2 Å². The van der Waals surface area contributed by atoms with Crippen molar-refractivity contribution in [3.05, 3.63) is 76.9 Å². The second kappa shape index (κ2) is 8.53. The van der Waals surface area contributed by atoms with E-state index in [9.17, 15) is 18.7 Å². The lowest BCUT2D eigenvalue weighted by atomic mass is 9.88. The molecular formula is C27H23F2N5O4. The molecule has 0 radical (unpaired) electrons. The van der Waals surface area contributed by atoms with Crippen LogP contribution in [0.15, 0.2) is 48.9 Å². The molecule has 2 aliphatic heterocycles. The van der Waals surface area contributed by atoms with Crippen molar-refractivity contribution < 1.29 is 28.2 Å². The Kier molecular flexibility index (Phi) is 5.21. The minimum absolute atomic E-state index is 0.00109. The highest BCUT2D eigenvalue weighted by Crippen LogP contribution is 2.53. The smallest absolute Gasteiger partial charge is 0.387 e. The van der Waals surface area contributed by atoms with Gasteiger partial charge in [0, 0.05) is 66.0 Å². The first kappa shape index (κ1) is 23.2. The molecule has 0 spiro atoms. The lowest BCUT2D eigenvalue weighted by Gasteiger charge is -2.30. The van der Waals surface area contributed by atoms with Crippen LogP contribution in [0.2, 0.25) is 0 Å². The molecule has 4 atom stereocenters. The number of hydrogen-bond donors (Lipinski definition) is 1. The fraction of sp³-hybridized carbons (Fsp3) is 0.333. The summed E-state index contributed by atoms with van der Waals surface area (Å²) in [4.78, 5) is 23.8. The van der Waals surface area contributed by atoms with Crippen LogP contribution in [-0.4, -0.2) is 61.9 Å². The quantitative estimate of drug-likeness (QED) is 0.427. The zero-order valence-corrected chi connectivity index (χ0v) is 20.3. The molecular weight excluding hydrogens is 496 g/mol. The molecule has 7 rings (SSSR count). The number of hydrogen-bond acceptors (Lipinski definition) is 7. The van der Waals surface area contributed by atoms with Crippen LogP contribution in [0.4, 0.5) is 8.78 Å². The third-order valence-corrected chi connectivity index (χ3v) is 7.83. The molecule has 1 aliphatic carbocycles. The van der Waals surface area contributed by atoms with E-state index < -0.39 is 12.7 Å². The van der Waals surface area contributed by atoms with Gasteiger partial charge < -0.3 is 19.5 Å². The van der Waals surface area contributed by atoms with E-state index >= 15 is 0 Å². The Morgan fingerprint density at radius 2 is 1.97 bits per heavy atom. The van der Waals surface area contributed by atoms with Crippen LogP contribution in [0.5, 0.6) is 5.75 Å². The molecule has 11 heteroatoms. The van der Waals surface area contributed by atoms with Crippen molar-refractivity contribution in [2.45, 2.75) is 43.6 Å². The van der Waals surface area contributed by atoms with Crippen LogP contribution in [0.3, 0.4) is 0 Å². The molecule has 3 aliphatic rings. The summed E-state index contributed by atoms with van der Waals surface area (Å²) in [5.74, 6) is -0.136. The number of amides is 1. The Morgan fingerprint density at radius 1 is 1.18 bits per heavy atom. The predicted octanol–water partition coefficient (Wildman–Crippen LogP) is 3.88. The average molecular weight is 520 g/mol. The predicted molar refractivity (Wildman–Crippen MR) is 130 cm³/mol. The normalized spacial score (nSPS) is 22.7. The minimum atomic E-state index is -3.01. The van der Waals surface area contributed by atoms with E-state index in [1.807, 2.05) is 12.1 Å². The first-order valence-electron chi connectivity index (χ1n) is 12.4. The number of benzene rings is 1. The molecule has 5 heterocycles. The summed E-state index contributed by atoms with van der Waals surface area (Å²) < 4.78 is 38.6. The highest BCUT2D eigenvalue weighted by Gasteiger charge is 2.46. The van der Waals surface area contributed by atoms with Gasteiger partial charge in [-0.1, -0.05) is 6.07 Å². The number of aliphatic hydroxyl groups excluding tert-OH is 1. The van der Waals surface area contributed by atoms with Crippen molar-refractivity contribution in [1.29, 1.82) is 0 Å². The molecule has 0 unspecified atom stereocenters. The number of carbonyl (C=O) groups is 1. The van der Waals surface area contributed by atoms with Gasteiger partial charge in [-0.15, -0.1) is 0 Å². The zero-order valence-electron chi connectivity index (χ0n) is 20.3. The summed E-state index contributed by atoms with van der Waals surface area (Å²) in [6, 6.07) is 8.15. The summed E-state index contributed by atoms with van der Waals surface area (Å²) in [6.45, 7) is -2.37. The summed E-state index contributed by atoms with van der Waals surface area (Å²) in [6.07, 6.45) is 5.30. The largest absolute Gasteiger partial charge is 0.434 e. The van der Waals surface area contributed by atoms with Gasteiger partial charge in [-0.25, -0.2) is 14.5 Å². The molecule has 0 saturated carbocycles. The van der Waals surface area contributed by atoms with Crippen LogP contribution >= 0.6 is 0 Å². The van der Waals surface area contributed by atoms with Gasteiger partial charge in [-0.05, 0) is 37.1 Å². The lowest BCUT2D eigenvalue weighted by molar-refractivity contribution is -0.118. The van der Waals surface area contributed by atoms with Crippen LogP contribution < -0.4 is 4.74 Å². The molecule has 1 aromatic carbocycles. The summed E-state index contributed by atoms with van der Waals surface area (Å²) >= 11 is 0. The van der Waals surface area contributed by atoms with Gasteiger partial charge >= 0.3 is 6.61 Å².